The van der Waals surface area contributed by atoms with Crippen molar-refractivity contribution in [3.8, 4) is 0 Å². The van der Waals surface area contributed by atoms with Crippen molar-refractivity contribution >= 4 is 23.7 Å². The predicted molar refractivity (Wildman–Crippen MR) is 139 cm³/mol. The van der Waals surface area contributed by atoms with Crippen molar-refractivity contribution in [2.24, 2.45) is 0 Å². The highest BCUT2D eigenvalue weighted by Gasteiger charge is 2.23. The maximum absolute atomic E-state index is 12.5. The molecule has 3 rings (SSSR count). The number of carbonyl (C=O) groups is 1. The minimum Gasteiger partial charge on any atom is -0.465 e. The van der Waals surface area contributed by atoms with Gasteiger partial charge in [-0.3, -0.25) is 10.1 Å². The van der Waals surface area contributed by atoms with Gasteiger partial charge in [-0.2, -0.15) is 0 Å². The highest BCUT2D eigenvalue weighted by molar-refractivity contribution is 5.76. The van der Waals surface area contributed by atoms with Crippen molar-refractivity contribution in [1.29, 1.82) is 0 Å². The number of nitrogens with zero attached hydrogens (tertiary/aromatic N) is 2. The summed E-state index contributed by atoms with van der Waals surface area (Å²) in [4.78, 5) is 21.3. The fraction of sp³-hybridized carbons (Fsp3) is 0.321. The predicted octanol–water partition coefficient (Wildman–Crippen LogP) is 5.07. The number of aliphatic hydroxyl groups is 1. The monoisotopic (exact) mass is 474 g/mol. The molecule has 1 aromatic heterocycles. The second-order valence-electron chi connectivity index (χ2n) is 8.54. The lowest BCUT2D eigenvalue weighted by molar-refractivity contribution is -0.146. The van der Waals surface area contributed by atoms with Crippen molar-refractivity contribution in [3.63, 3.8) is 0 Å². The lowest BCUT2D eigenvalue weighted by Crippen LogP contribution is -2.40. The molecule has 3 N–H and O–H groups in total. The zero-order valence-electron chi connectivity index (χ0n) is 21.0. The molecule has 2 aromatic carbocycles. The minimum absolute atomic E-state index is 0.277. The lowest BCUT2D eigenvalue weighted by Gasteiger charge is -2.23. The van der Waals surface area contributed by atoms with E-state index in [2.05, 4.69) is 20.6 Å². The summed E-state index contributed by atoms with van der Waals surface area (Å²) in [7, 11) is 0. The summed E-state index contributed by atoms with van der Waals surface area (Å²) >= 11 is 0. The van der Waals surface area contributed by atoms with Gasteiger partial charge < -0.3 is 15.2 Å². The van der Waals surface area contributed by atoms with Crippen LogP contribution in [-0.4, -0.2) is 33.7 Å². The van der Waals surface area contributed by atoms with Crippen LogP contribution in [0.2, 0.25) is 0 Å². The Kier molecular flexibility index (Phi) is 9.11. The molecule has 7 nitrogen and oxygen atoms in total. The van der Waals surface area contributed by atoms with Crippen LogP contribution in [0.3, 0.4) is 0 Å². The number of aryl methyl sites for hydroxylation is 4. The third-order valence-corrected chi connectivity index (χ3v) is 5.58. The minimum atomic E-state index is -0.975. The van der Waals surface area contributed by atoms with E-state index in [1.54, 1.807) is 6.92 Å². The Balaban J connectivity index is 1.66. The molecular formula is C28H34N4O3. The van der Waals surface area contributed by atoms with Crippen LogP contribution in [0.25, 0.3) is 6.08 Å². The maximum atomic E-state index is 12.5. The average Bonchev–Trinajstić information content (AvgIpc) is 2.79. The van der Waals surface area contributed by atoms with E-state index in [-0.39, 0.29) is 6.61 Å². The van der Waals surface area contributed by atoms with E-state index in [0.717, 1.165) is 39.3 Å². The number of benzene rings is 2. The molecule has 0 aliphatic rings. The Hall–Kier alpha value is -3.55. The summed E-state index contributed by atoms with van der Waals surface area (Å²) in [5, 5.41) is 17.1. The van der Waals surface area contributed by atoms with Crippen LogP contribution >= 0.6 is 0 Å². The Morgan fingerprint density at radius 2 is 1.66 bits per heavy atom. The number of hydrogen-bond donors (Lipinski definition) is 3. The molecule has 2 atom stereocenters. The van der Waals surface area contributed by atoms with Gasteiger partial charge in [-0.15, -0.1) is 0 Å². The molecular weight excluding hydrogens is 440 g/mol. The first-order valence-corrected chi connectivity index (χ1v) is 11.8. The summed E-state index contributed by atoms with van der Waals surface area (Å²) in [5.74, 6) is 0.173. The molecule has 0 fully saturated rings. The highest BCUT2D eigenvalue weighted by atomic mass is 16.5. The van der Waals surface area contributed by atoms with Crippen molar-refractivity contribution in [1.82, 2.24) is 15.3 Å². The smallest absolute Gasteiger partial charge is 0.323 e. The fourth-order valence-corrected chi connectivity index (χ4v) is 3.94. The van der Waals surface area contributed by atoms with E-state index in [9.17, 15) is 9.90 Å². The zero-order chi connectivity index (χ0) is 25.4. The molecule has 0 aliphatic carbocycles. The molecule has 0 spiro atoms. The van der Waals surface area contributed by atoms with Crippen molar-refractivity contribution < 1.29 is 14.6 Å². The molecule has 0 saturated carbocycles. The number of esters is 1. The standard InChI is InChI=1S/C28H34N4O3/c1-6-35-27(34)24(32-26(33)25-18(2)9-7-10-19(25)3)12-8-11-22-13-15-23(16-14-22)31-28-29-20(4)17-21(5)30-28/h7-11,13-17,24,26,32-33H,6,12H2,1-5H3,(H,29,30,31)/b11-8+. The van der Waals surface area contributed by atoms with E-state index in [1.807, 2.05) is 88.4 Å². The van der Waals surface area contributed by atoms with Crippen molar-refractivity contribution in [3.05, 3.63) is 88.2 Å². The van der Waals surface area contributed by atoms with E-state index in [0.29, 0.717) is 12.4 Å². The number of aliphatic hydroxyl groups excluding tert-OH is 1. The van der Waals surface area contributed by atoms with E-state index >= 15 is 0 Å². The number of nitrogens with one attached hydrogen (secondary N) is 2. The van der Waals surface area contributed by atoms with Crippen LogP contribution in [0.5, 0.6) is 0 Å². The summed E-state index contributed by atoms with van der Waals surface area (Å²) in [6.07, 6.45) is 3.24. The summed E-state index contributed by atoms with van der Waals surface area (Å²) in [6, 6.07) is 14.9. The van der Waals surface area contributed by atoms with Gasteiger partial charge in [0.15, 0.2) is 0 Å². The highest BCUT2D eigenvalue weighted by Crippen LogP contribution is 2.21. The van der Waals surface area contributed by atoms with Gasteiger partial charge >= 0.3 is 5.97 Å². The second kappa shape index (κ2) is 12.2. The molecule has 0 radical (unpaired) electrons. The van der Waals surface area contributed by atoms with E-state index < -0.39 is 18.2 Å². The fourth-order valence-electron chi connectivity index (χ4n) is 3.94. The molecule has 0 saturated heterocycles. The summed E-state index contributed by atoms with van der Waals surface area (Å²) in [6.45, 7) is 9.81. The molecule has 184 valence electrons. The van der Waals surface area contributed by atoms with Crippen LogP contribution in [0.15, 0.2) is 54.6 Å². The first-order valence-electron chi connectivity index (χ1n) is 11.8. The topological polar surface area (TPSA) is 96.4 Å². The van der Waals surface area contributed by atoms with Crippen LogP contribution < -0.4 is 10.6 Å². The number of hydrogen-bond acceptors (Lipinski definition) is 7. The molecule has 0 bridgehead atoms. The molecule has 0 amide bonds. The van der Waals surface area contributed by atoms with Gasteiger partial charge in [0, 0.05) is 22.6 Å². The van der Waals surface area contributed by atoms with Gasteiger partial charge in [0.1, 0.15) is 12.3 Å². The number of aromatic nitrogens is 2. The summed E-state index contributed by atoms with van der Waals surface area (Å²) in [5.41, 5.74) is 6.39. The Bertz CT molecular complexity index is 1130. The Morgan fingerprint density at radius 3 is 2.26 bits per heavy atom. The molecule has 35 heavy (non-hydrogen) atoms. The Morgan fingerprint density at radius 1 is 1.03 bits per heavy atom. The van der Waals surface area contributed by atoms with Gasteiger partial charge in [-0.25, -0.2) is 9.97 Å². The third kappa shape index (κ3) is 7.47. The lowest BCUT2D eigenvalue weighted by atomic mass is 10.0. The van der Waals surface area contributed by atoms with E-state index in [1.165, 1.54) is 0 Å². The molecule has 1 heterocycles. The number of carbonyl (C=O) groups excluding carboxylic acids is 1. The van der Waals surface area contributed by atoms with Gasteiger partial charge in [-0.05, 0) is 75.9 Å². The van der Waals surface area contributed by atoms with Gasteiger partial charge in [0.25, 0.3) is 0 Å². The van der Waals surface area contributed by atoms with Crippen LogP contribution in [0, 0.1) is 27.7 Å². The number of anilines is 2. The maximum Gasteiger partial charge on any atom is 0.323 e. The van der Waals surface area contributed by atoms with Crippen LogP contribution in [-0.2, 0) is 9.53 Å². The quantitative estimate of drug-likeness (QED) is 0.279. The van der Waals surface area contributed by atoms with E-state index in [4.69, 9.17) is 4.74 Å². The number of ether oxygens (including phenoxy) is 1. The van der Waals surface area contributed by atoms with Gasteiger partial charge in [-0.1, -0.05) is 42.5 Å². The molecule has 3 aromatic rings. The normalized spacial score (nSPS) is 13.0. The summed E-state index contributed by atoms with van der Waals surface area (Å²) < 4.78 is 5.23. The number of rotatable bonds is 10. The zero-order valence-corrected chi connectivity index (χ0v) is 21.0. The largest absolute Gasteiger partial charge is 0.465 e. The van der Waals surface area contributed by atoms with Crippen LogP contribution in [0.1, 0.15) is 53.2 Å². The SMILES string of the molecule is CCOC(=O)C(C/C=C/c1ccc(Nc2nc(C)cc(C)n2)cc1)NC(O)c1c(C)cccc1C. The van der Waals surface area contributed by atoms with Gasteiger partial charge in [0.2, 0.25) is 5.95 Å². The molecule has 0 aliphatic heterocycles. The molecule has 2 unspecified atom stereocenters. The third-order valence-electron chi connectivity index (χ3n) is 5.58. The average molecular weight is 475 g/mol. The van der Waals surface area contributed by atoms with Crippen LogP contribution in [0.4, 0.5) is 11.6 Å². The van der Waals surface area contributed by atoms with Crippen molar-refractivity contribution in [2.75, 3.05) is 11.9 Å². The Labute approximate surface area is 207 Å². The first-order chi connectivity index (χ1) is 16.8. The first kappa shape index (κ1) is 26.1. The second-order valence-corrected chi connectivity index (χ2v) is 8.54. The molecule has 7 heteroatoms. The van der Waals surface area contributed by atoms with Crippen molar-refractivity contribution in [2.45, 2.75) is 53.3 Å². The van der Waals surface area contributed by atoms with Gasteiger partial charge in [0.05, 0.1) is 6.61 Å².